The van der Waals surface area contributed by atoms with Crippen molar-refractivity contribution in [3.8, 4) is 5.75 Å². The van der Waals surface area contributed by atoms with Crippen molar-refractivity contribution in [1.29, 1.82) is 0 Å². The standard InChI is InChI=1S/C28H33FN4O4S/c1-16(2)15-37-28(35)33-9-7-19(8-10-33)38-20-11-17(3)25-21(13-20)26(22(14-31-25)27(30)34)32-18-5-6-23(29)24(12-18)36-4/h5-6,11-14,16,19H,7-10,15H2,1-4H3,(H2,30,34)(H,31,32). The SMILES string of the molecule is COc1cc(Nc2c(C(N)=O)cnc3c(C)cc(SC4CCN(C(=O)OCC(C)C)CC4)cc23)ccc1F. The van der Waals surface area contributed by atoms with Gasteiger partial charge in [0.1, 0.15) is 0 Å². The number of nitrogens with zero attached hydrogens (tertiary/aromatic N) is 2. The number of carbonyl (C=O) groups is 2. The average Bonchev–Trinajstić information content (AvgIpc) is 2.89. The van der Waals surface area contributed by atoms with Crippen LogP contribution in [0.4, 0.5) is 20.6 Å². The van der Waals surface area contributed by atoms with Crippen LogP contribution in [0.1, 0.15) is 42.6 Å². The lowest BCUT2D eigenvalue weighted by Crippen LogP contribution is -2.40. The molecule has 3 N–H and O–H groups in total. The predicted molar refractivity (Wildman–Crippen MR) is 148 cm³/mol. The topological polar surface area (TPSA) is 107 Å². The zero-order chi connectivity index (χ0) is 27.4. The minimum absolute atomic E-state index is 0.0841. The Morgan fingerprint density at radius 3 is 2.63 bits per heavy atom. The molecular weight excluding hydrogens is 507 g/mol. The largest absolute Gasteiger partial charge is 0.494 e. The summed E-state index contributed by atoms with van der Waals surface area (Å²) in [5, 5.41) is 4.30. The summed E-state index contributed by atoms with van der Waals surface area (Å²) in [5.74, 6) is -0.719. The number of methoxy groups -OCH3 is 1. The van der Waals surface area contributed by atoms with Crippen LogP contribution in [0.2, 0.25) is 0 Å². The molecule has 1 aliphatic heterocycles. The first-order valence-corrected chi connectivity index (χ1v) is 13.5. The van der Waals surface area contributed by atoms with Gasteiger partial charge < -0.3 is 25.4 Å². The Labute approximate surface area is 226 Å². The van der Waals surface area contributed by atoms with Gasteiger partial charge >= 0.3 is 6.09 Å². The number of aryl methyl sites for hydroxylation is 1. The van der Waals surface area contributed by atoms with Gasteiger partial charge in [0.2, 0.25) is 0 Å². The second kappa shape index (κ2) is 11.9. The minimum Gasteiger partial charge on any atom is -0.494 e. The van der Waals surface area contributed by atoms with Crippen molar-refractivity contribution < 1.29 is 23.5 Å². The van der Waals surface area contributed by atoms with Crippen LogP contribution in [0.15, 0.2) is 41.4 Å². The number of rotatable bonds is 8. The van der Waals surface area contributed by atoms with Crippen molar-refractivity contribution in [2.24, 2.45) is 11.7 Å². The molecule has 0 spiro atoms. The molecule has 2 amide bonds. The van der Waals surface area contributed by atoms with Crippen molar-refractivity contribution in [1.82, 2.24) is 9.88 Å². The molecule has 38 heavy (non-hydrogen) atoms. The Bertz CT molecular complexity index is 1340. The summed E-state index contributed by atoms with van der Waals surface area (Å²) >= 11 is 1.74. The van der Waals surface area contributed by atoms with Gasteiger partial charge in [-0.1, -0.05) is 13.8 Å². The number of nitrogens with two attached hydrogens (primary N) is 1. The fraction of sp³-hybridized carbons (Fsp3) is 0.393. The molecule has 1 saturated heterocycles. The molecule has 0 bridgehead atoms. The molecule has 10 heteroatoms. The highest BCUT2D eigenvalue weighted by Crippen LogP contribution is 2.37. The van der Waals surface area contributed by atoms with Crippen LogP contribution in [0.25, 0.3) is 10.9 Å². The van der Waals surface area contributed by atoms with Gasteiger partial charge in [-0.2, -0.15) is 0 Å². The number of likely N-dealkylation sites (tertiary alicyclic amines) is 1. The minimum atomic E-state index is -0.622. The summed E-state index contributed by atoms with van der Waals surface area (Å²) < 4.78 is 24.4. The van der Waals surface area contributed by atoms with Crippen LogP contribution in [-0.4, -0.2) is 53.9 Å². The number of anilines is 2. The first kappa shape index (κ1) is 27.5. The van der Waals surface area contributed by atoms with E-state index in [4.69, 9.17) is 15.2 Å². The molecule has 3 aromatic rings. The van der Waals surface area contributed by atoms with E-state index >= 15 is 0 Å². The molecule has 0 radical (unpaired) electrons. The molecule has 0 unspecified atom stereocenters. The molecule has 1 aliphatic rings. The highest BCUT2D eigenvalue weighted by molar-refractivity contribution is 8.00. The van der Waals surface area contributed by atoms with Gasteiger partial charge in [-0.3, -0.25) is 9.78 Å². The van der Waals surface area contributed by atoms with Crippen molar-refractivity contribution in [3.63, 3.8) is 0 Å². The van der Waals surface area contributed by atoms with E-state index in [9.17, 15) is 14.0 Å². The normalized spacial score (nSPS) is 14.1. The van der Waals surface area contributed by atoms with E-state index in [-0.39, 0.29) is 17.4 Å². The van der Waals surface area contributed by atoms with Gasteiger partial charge in [0.05, 0.1) is 30.5 Å². The number of hydrogen-bond acceptors (Lipinski definition) is 7. The highest BCUT2D eigenvalue weighted by atomic mass is 32.2. The second-order valence-corrected chi connectivity index (χ2v) is 11.2. The maximum Gasteiger partial charge on any atom is 0.409 e. The zero-order valence-electron chi connectivity index (χ0n) is 22.0. The Morgan fingerprint density at radius 2 is 1.97 bits per heavy atom. The summed E-state index contributed by atoms with van der Waals surface area (Å²) in [6, 6.07) is 8.47. The third-order valence-electron chi connectivity index (χ3n) is 6.36. The lowest BCUT2D eigenvalue weighted by Gasteiger charge is -2.31. The highest BCUT2D eigenvalue weighted by Gasteiger charge is 2.25. The van der Waals surface area contributed by atoms with E-state index in [0.717, 1.165) is 34.2 Å². The maximum absolute atomic E-state index is 14.0. The number of benzene rings is 2. The number of hydrogen-bond donors (Lipinski definition) is 2. The van der Waals surface area contributed by atoms with E-state index in [2.05, 4.69) is 16.4 Å². The number of carbonyl (C=O) groups excluding carboxylic acids is 2. The number of thioether (sulfide) groups is 1. The number of primary amides is 1. The van der Waals surface area contributed by atoms with Gasteiger partial charge in [0, 0.05) is 46.6 Å². The Morgan fingerprint density at radius 1 is 1.24 bits per heavy atom. The summed E-state index contributed by atoms with van der Waals surface area (Å²) in [7, 11) is 1.39. The number of aromatic nitrogens is 1. The van der Waals surface area contributed by atoms with E-state index in [0.29, 0.717) is 42.2 Å². The Balaban J connectivity index is 1.59. The molecule has 0 saturated carbocycles. The average molecular weight is 541 g/mol. The third kappa shape index (κ3) is 6.30. The fourth-order valence-electron chi connectivity index (χ4n) is 4.40. The number of fused-ring (bicyclic) bond motifs is 1. The van der Waals surface area contributed by atoms with Crippen molar-refractivity contribution in [2.75, 3.05) is 32.1 Å². The first-order valence-electron chi connectivity index (χ1n) is 12.6. The van der Waals surface area contributed by atoms with Crippen LogP contribution >= 0.6 is 11.8 Å². The molecular formula is C28H33FN4O4S. The van der Waals surface area contributed by atoms with Crippen molar-refractivity contribution in [2.45, 2.75) is 43.8 Å². The van der Waals surface area contributed by atoms with Crippen molar-refractivity contribution in [3.05, 3.63) is 53.5 Å². The van der Waals surface area contributed by atoms with Crippen LogP contribution in [0.5, 0.6) is 5.75 Å². The maximum atomic E-state index is 14.0. The van der Waals surface area contributed by atoms with Gasteiger partial charge in [-0.25, -0.2) is 9.18 Å². The smallest absolute Gasteiger partial charge is 0.409 e. The first-order chi connectivity index (χ1) is 18.2. The van der Waals surface area contributed by atoms with Crippen molar-refractivity contribution >= 4 is 46.0 Å². The number of amides is 2. The number of nitrogens with one attached hydrogen (secondary N) is 1. The lowest BCUT2D eigenvalue weighted by atomic mass is 10.1. The summed E-state index contributed by atoms with van der Waals surface area (Å²) in [6.45, 7) is 7.72. The monoisotopic (exact) mass is 540 g/mol. The Kier molecular flexibility index (Phi) is 8.61. The molecule has 0 aliphatic carbocycles. The van der Waals surface area contributed by atoms with E-state index in [1.807, 2.05) is 26.8 Å². The molecule has 2 heterocycles. The van der Waals surface area contributed by atoms with Crippen LogP contribution in [-0.2, 0) is 4.74 Å². The van der Waals surface area contributed by atoms with Crippen LogP contribution < -0.4 is 15.8 Å². The molecule has 1 fully saturated rings. The predicted octanol–water partition coefficient (Wildman–Crippen LogP) is 5.88. The molecule has 202 valence electrons. The summed E-state index contributed by atoms with van der Waals surface area (Å²) in [4.78, 5) is 31.9. The second-order valence-electron chi connectivity index (χ2n) is 9.80. The zero-order valence-corrected chi connectivity index (χ0v) is 22.9. The number of piperidine rings is 1. The van der Waals surface area contributed by atoms with E-state index in [1.54, 1.807) is 22.7 Å². The number of halogens is 1. The molecule has 4 rings (SSSR count). The number of pyridine rings is 1. The van der Waals surface area contributed by atoms with Gasteiger partial charge in [0.25, 0.3) is 5.91 Å². The van der Waals surface area contributed by atoms with E-state index < -0.39 is 11.7 Å². The summed E-state index contributed by atoms with van der Waals surface area (Å²) in [6.07, 6.45) is 2.90. The Hall–Kier alpha value is -3.53. The quantitative estimate of drug-likeness (QED) is 0.367. The van der Waals surface area contributed by atoms with Gasteiger partial charge in [-0.15, -0.1) is 11.8 Å². The molecule has 2 aromatic carbocycles. The van der Waals surface area contributed by atoms with Gasteiger partial charge in [0.15, 0.2) is 11.6 Å². The number of ether oxygens (including phenoxy) is 2. The summed E-state index contributed by atoms with van der Waals surface area (Å²) in [5.41, 5.74) is 8.66. The van der Waals surface area contributed by atoms with Crippen LogP contribution in [0, 0.1) is 18.7 Å². The third-order valence-corrected chi connectivity index (χ3v) is 7.68. The van der Waals surface area contributed by atoms with Gasteiger partial charge in [-0.05, 0) is 55.5 Å². The molecule has 0 atom stereocenters. The van der Waals surface area contributed by atoms with Crippen LogP contribution in [0.3, 0.4) is 0 Å². The van der Waals surface area contributed by atoms with E-state index in [1.165, 1.54) is 25.4 Å². The molecule has 8 nitrogen and oxygen atoms in total. The molecule has 1 aromatic heterocycles. The fourth-order valence-corrected chi connectivity index (χ4v) is 5.66. The lowest BCUT2D eigenvalue weighted by molar-refractivity contribution is 0.0863.